The van der Waals surface area contributed by atoms with Crippen LogP contribution >= 0.6 is 0 Å². The number of hydrogen-bond acceptors (Lipinski definition) is 1. The minimum absolute atomic E-state index is 0.671. The molecule has 0 aliphatic rings. The molecule has 0 aromatic heterocycles. The van der Waals surface area contributed by atoms with Crippen molar-refractivity contribution in [3.63, 3.8) is 0 Å². The molecule has 0 bridgehead atoms. The molecule has 0 aliphatic heterocycles. The van der Waals surface area contributed by atoms with Crippen molar-refractivity contribution < 1.29 is 5.48 Å². The van der Waals surface area contributed by atoms with Crippen LogP contribution in [0.1, 0.15) is 20.3 Å². The minimum Gasteiger partial charge on any atom is -0.636 e. The first-order valence-electron chi connectivity index (χ1n) is 2.71. The van der Waals surface area contributed by atoms with Gasteiger partial charge in [-0.05, 0) is 12.3 Å². The van der Waals surface area contributed by atoms with E-state index in [0.29, 0.717) is 5.92 Å². The predicted molar refractivity (Wildman–Crippen MR) is 29.6 cm³/mol. The van der Waals surface area contributed by atoms with E-state index >= 15 is 0 Å². The third-order valence-corrected chi connectivity index (χ3v) is 0.862. The first-order chi connectivity index (χ1) is 3.27. The van der Waals surface area contributed by atoms with E-state index in [1.807, 2.05) is 0 Å². The molecule has 0 atom stereocenters. The lowest BCUT2D eigenvalue weighted by molar-refractivity contribution is -0.589. The van der Waals surface area contributed by atoms with Crippen molar-refractivity contribution >= 4 is 0 Å². The highest BCUT2D eigenvalue weighted by atomic mass is 16.5. The summed E-state index contributed by atoms with van der Waals surface area (Å²) in [4.78, 5) is 0. The lowest BCUT2D eigenvalue weighted by Gasteiger charge is -2.02. The molecule has 0 amide bonds. The summed E-state index contributed by atoms with van der Waals surface area (Å²) >= 11 is 0. The van der Waals surface area contributed by atoms with Crippen LogP contribution in [0.25, 0.3) is 0 Å². The SMILES string of the molecule is CC(C)CC[NH2+][O-]. The third-order valence-electron chi connectivity index (χ3n) is 0.862. The first-order valence-corrected chi connectivity index (χ1v) is 2.71. The lowest BCUT2D eigenvalue weighted by atomic mass is 10.1. The molecule has 0 aromatic rings. The van der Waals surface area contributed by atoms with Crippen LogP contribution in [0, 0.1) is 11.1 Å². The maximum Gasteiger partial charge on any atom is 0.0755 e. The van der Waals surface area contributed by atoms with E-state index in [2.05, 4.69) is 13.8 Å². The lowest BCUT2D eigenvalue weighted by Crippen LogP contribution is -2.77. The molecule has 2 heteroatoms. The summed E-state index contributed by atoms with van der Waals surface area (Å²) in [6.45, 7) is 4.95. The predicted octanol–water partition coefficient (Wildman–Crippen LogP) is 0.0937. The van der Waals surface area contributed by atoms with Gasteiger partial charge >= 0.3 is 0 Å². The highest BCUT2D eigenvalue weighted by Gasteiger charge is 1.89. The standard InChI is InChI=1S/C5H13NO/c1-5(2)3-4-6-7/h5H,3-4,6H2,1-2H3. The molecule has 0 aliphatic carbocycles. The van der Waals surface area contributed by atoms with E-state index in [9.17, 15) is 5.21 Å². The Bertz CT molecular complexity index is 37.1. The van der Waals surface area contributed by atoms with Crippen LogP contribution in [0.2, 0.25) is 0 Å². The van der Waals surface area contributed by atoms with Crippen LogP contribution < -0.4 is 5.48 Å². The highest BCUT2D eigenvalue weighted by molar-refractivity contribution is 4.38. The second kappa shape index (κ2) is 4.09. The van der Waals surface area contributed by atoms with Gasteiger partial charge in [-0.15, -0.1) is 0 Å². The van der Waals surface area contributed by atoms with Crippen LogP contribution in [0.5, 0.6) is 0 Å². The summed E-state index contributed by atoms with van der Waals surface area (Å²) in [6.07, 6.45) is 1.03. The summed E-state index contributed by atoms with van der Waals surface area (Å²) in [7, 11) is 0. The zero-order chi connectivity index (χ0) is 5.70. The second-order valence-electron chi connectivity index (χ2n) is 2.14. The number of nitrogens with two attached hydrogens (primary N) is 1. The molecule has 0 heterocycles. The number of hydrogen-bond donors (Lipinski definition) is 1. The Kier molecular flexibility index (Phi) is 4.04. The molecule has 44 valence electrons. The topological polar surface area (TPSA) is 39.7 Å². The Balaban J connectivity index is 2.68. The first kappa shape index (κ1) is 6.92. The molecule has 0 radical (unpaired) electrons. The van der Waals surface area contributed by atoms with Crippen molar-refractivity contribution in [3.05, 3.63) is 5.21 Å². The maximum absolute atomic E-state index is 9.71. The van der Waals surface area contributed by atoms with Crippen LogP contribution in [0.3, 0.4) is 0 Å². The molecule has 7 heavy (non-hydrogen) atoms. The average Bonchev–Trinajstić information content (AvgIpc) is 1.61. The summed E-state index contributed by atoms with van der Waals surface area (Å²) in [5, 5.41) is 9.71. The smallest absolute Gasteiger partial charge is 0.0755 e. The monoisotopic (exact) mass is 103 g/mol. The molecule has 2 nitrogen and oxygen atoms in total. The van der Waals surface area contributed by atoms with Gasteiger partial charge in [-0.3, -0.25) is 0 Å². The Morgan fingerprint density at radius 3 is 2.29 bits per heavy atom. The van der Waals surface area contributed by atoms with Crippen LogP contribution in [0.4, 0.5) is 0 Å². The van der Waals surface area contributed by atoms with E-state index in [1.54, 1.807) is 0 Å². The van der Waals surface area contributed by atoms with Crippen molar-refractivity contribution in [3.8, 4) is 0 Å². The van der Waals surface area contributed by atoms with Gasteiger partial charge in [-0.2, -0.15) is 0 Å². The average molecular weight is 103 g/mol. The number of hydroxylamine groups is 1. The van der Waals surface area contributed by atoms with E-state index < -0.39 is 0 Å². The minimum atomic E-state index is 0.671. The van der Waals surface area contributed by atoms with E-state index in [-0.39, 0.29) is 0 Å². The van der Waals surface area contributed by atoms with Crippen molar-refractivity contribution in [1.82, 2.24) is 0 Å². The van der Waals surface area contributed by atoms with Gasteiger partial charge in [0.1, 0.15) is 0 Å². The highest BCUT2D eigenvalue weighted by Crippen LogP contribution is 1.93. The summed E-state index contributed by atoms with van der Waals surface area (Å²) < 4.78 is 0. The van der Waals surface area contributed by atoms with Crippen LogP contribution in [-0.2, 0) is 0 Å². The Hall–Kier alpha value is -0.0800. The maximum atomic E-state index is 9.71. The van der Waals surface area contributed by atoms with Crippen LogP contribution in [0.15, 0.2) is 0 Å². The molecule has 0 rings (SSSR count). The van der Waals surface area contributed by atoms with Crippen molar-refractivity contribution in [2.24, 2.45) is 5.92 Å². The van der Waals surface area contributed by atoms with Crippen molar-refractivity contribution in [2.75, 3.05) is 6.54 Å². The van der Waals surface area contributed by atoms with Crippen molar-refractivity contribution in [2.45, 2.75) is 20.3 Å². The van der Waals surface area contributed by atoms with E-state index in [0.717, 1.165) is 18.4 Å². The van der Waals surface area contributed by atoms with E-state index in [4.69, 9.17) is 0 Å². The van der Waals surface area contributed by atoms with Gasteiger partial charge in [0.05, 0.1) is 6.54 Å². The van der Waals surface area contributed by atoms with Crippen molar-refractivity contribution in [1.29, 1.82) is 0 Å². The van der Waals surface area contributed by atoms with Gasteiger partial charge in [-0.25, -0.2) is 0 Å². The Morgan fingerprint density at radius 2 is 2.14 bits per heavy atom. The quantitative estimate of drug-likeness (QED) is 0.505. The molecule has 0 spiro atoms. The fourth-order valence-corrected chi connectivity index (χ4v) is 0.401. The zero-order valence-electron chi connectivity index (χ0n) is 4.98. The van der Waals surface area contributed by atoms with Gasteiger partial charge in [0.25, 0.3) is 0 Å². The number of rotatable bonds is 3. The normalized spacial score (nSPS) is 10.3. The molecule has 0 fully saturated rings. The molecule has 0 saturated carbocycles. The Labute approximate surface area is 44.5 Å². The second-order valence-corrected chi connectivity index (χ2v) is 2.14. The van der Waals surface area contributed by atoms with Crippen LogP contribution in [-0.4, -0.2) is 6.54 Å². The van der Waals surface area contributed by atoms with Gasteiger partial charge in [0.2, 0.25) is 0 Å². The molecular formula is C5H13NO. The summed E-state index contributed by atoms with van der Waals surface area (Å²) in [5.74, 6) is 0.671. The van der Waals surface area contributed by atoms with Gasteiger partial charge < -0.3 is 10.7 Å². The summed E-state index contributed by atoms with van der Waals surface area (Å²) in [5.41, 5.74) is 0.972. The number of quaternary nitrogens is 1. The summed E-state index contributed by atoms with van der Waals surface area (Å²) in [6, 6.07) is 0. The van der Waals surface area contributed by atoms with Gasteiger partial charge in [-0.1, -0.05) is 13.8 Å². The molecule has 2 N–H and O–H groups in total. The fraction of sp³-hybridized carbons (Fsp3) is 1.00. The molecule has 0 aromatic carbocycles. The molecular weight excluding hydrogens is 90.1 g/mol. The van der Waals surface area contributed by atoms with Gasteiger partial charge in [0.15, 0.2) is 0 Å². The largest absolute Gasteiger partial charge is 0.636 e. The molecule has 0 unspecified atom stereocenters. The molecule has 0 saturated heterocycles. The van der Waals surface area contributed by atoms with Gasteiger partial charge in [0, 0.05) is 0 Å². The van der Waals surface area contributed by atoms with E-state index in [1.165, 1.54) is 0 Å². The Morgan fingerprint density at radius 1 is 1.57 bits per heavy atom. The zero-order valence-corrected chi connectivity index (χ0v) is 4.98. The third kappa shape index (κ3) is 5.92. The fourth-order valence-electron chi connectivity index (χ4n) is 0.401.